The molecule has 1 saturated heterocycles. The summed E-state index contributed by atoms with van der Waals surface area (Å²) in [7, 11) is 0. The maximum Gasteiger partial charge on any atom is 0.274 e. The number of carbonyl (C=O) groups excluding carboxylic acids is 1. The second kappa shape index (κ2) is 7.51. The number of thioether (sulfide) groups is 1. The number of nitrogens with zero attached hydrogens (tertiary/aromatic N) is 6. The van der Waals surface area contributed by atoms with Gasteiger partial charge in [-0.1, -0.05) is 17.8 Å². The zero-order valence-electron chi connectivity index (χ0n) is 15.4. The van der Waals surface area contributed by atoms with Gasteiger partial charge in [0.05, 0.1) is 25.0 Å². The van der Waals surface area contributed by atoms with Crippen molar-refractivity contribution in [3.05, 3.63) is 41.9 Å². The Hall–Kier alpha value is -2.68. The number of piperazine rings is 1. The Balaban J connectivity index is 1.33. The van der Waals surface area contributed by atoms with Crippen LogP contribution in [-0.2, 0) is 4.79 Å². The summed E-state index contributed by atoms with van der Waals surface area (Å²) in [5.41, 5.74) is 1.89. The fourth-order valence-corrected chi connectivity index (χ4v) is 3.92. The molecule has 1 N–H and O–H groups in total. The minimum atomic E-state index is 0.122. The Morgan fingerprint density at radius 2 is 2.00 bits per heavy atom. The third-order valence-corrected chi connectivity index (χ3v) is 5.41. The zero-order valence-corrected chi connectivity index (χ0v) is 16.2. The van der Waals surface area contributed by atoms with E-state index in [1.807, 2.05) is 43.1 Å². The number of hydrogen-bond donors (Lipinski definition) is 0. The number of aromatic nitrogens is 5. The van der Waals surface area contributed by atoms with Gasteiger partial charge in [-0.15, -0.1) is 5.10 Å². The molecule has 27 heavy (non-hydrogen) atoms. The molecule has 1 aliphatic rings. The van der Waals surface area contributed by atoms with Gasteiger partial charge in [0, 0.05) is 17.5 Å². The Morgan fingerprint density at radius 3 is 2.74 bits per heavy atom. The van der Waals surface area contributed by atoms with Crippen LogP contribution in [0.4, 0.5) is 5.82 Å². The molecular weight excluding hydrogens is 362 g/mol. The topological polar surface area (TPSA) is 80.8 Å². The van der Waals surface area contributed by atoms with Gasteiger partial charge in [-0.2, -0.15) is 4.98 Å². The second-order valence-corrected chi connectivity index (χ2v) is 7.49. The Labute approximate surface area is 161 Å². The average Bonchev–Trinajstić information content (AvgIpc) is 3.10. The molecule has 8 nitrogen and oxygen atoms in total. The van der Waals surface area contributed by atoms with Gasteiger partial charge in [0.25, 0.3) is 11.6 Å². The van der Waals surface area contributed by atoms with Crippen molar-refractivity contribution in [3.8, 4) is 0 Å². The SMILES string of the molecule is Cc1cc(C)n2nc(SCC(=O)N3CCN(c4cccc[nH+]4)CC3)nc2n1. The first kappa shape index (κ1) is 17.7. The maximum atomic E-state index is 12.6. The van der Waals surface area contributed by atoms with Gasteiger partial charge in [-0.05, 0) is 26.0 Å². The summed E-state index contributed by atoms with van der Waals surface area (Å²) < 4.78 is 1.72. The largest absolute Gasteiger partial charge is 0.334 e. The van der Waals surface area contributed by atoms with Gasteiger partial charge in [-0.25, -0.2) is 14.5 Å². The lowest BCUT2D eigenvalue weighted by molar-refractivity contribution is -0.364. The summed E-state index contributed by atoms with van der Waals surface area (Å²) >= 11 is 1.37. The first-order valence-electron chi connectivity index (χ1n) is 8.93. The van der Waals surface area contributed by atoms with Gasteiger partial charge in [0.15, 0.2) is 0 Å². The standard InChI is InChI=1S/C18H21N7OS/c1-13-11-14(2)25-17(20-13)21-18(22-25)27-12-16(26)24-9-7-23(8-10-24)15-5-3-4-6-19-15/h3-6,11H,7-10,12H2,1-2H3/p+1. The fraction of sp³-hybridized carbons (Fsp3) is 0.389. The number of anilines is 1. The Bertz CT molecular complexity index is 951. The summed E-state index contributed by atoms with van der Waals surface area (Å²) in [6.45, 7) is 7.00. The highest BCUT2D eigenvalue weighted by molar-refractivity contribution is 7.99. The normalized spacial score (nSPS) is 14.7. The molecule has 0 aromatic carbocycles. The third kappa shape index (κ3) is 3.87. The number of rotatable bonds is 4. The number of amides is 1. The van der Waals surface area contributed by atoms with E-state index in [1.54, 1.807) is 4.52 Å². The number of aromatic amines is 1. The molecule has 0 spiro atoms. The average molecular weight is 384 g/mol. The van der Waals surface area contributed by atoms with Crippen molar-refractivity contribution in [1.29, 1.82) is 0 Å². The molecule has 1 amide bonds. The van der Waals surface area contributed by atoms with Crippen LogP contribution in [0, 0.1) is 13.8 Å². The summed E-state index contributed by atoms with van der Waals surface area (Å²) in [4.78, 5) is 28.8. The van der Waals surface area contributed by atoms with Crippen molar-refractivity contribution in [2.24, 2.45) is 0 Å². The minimum Gasteiger partial charge on any atom is -0.334 e. The molecule has 0 radical (unpaired) electrons. The van der Waals surface area contributed by atoms with Crippen LogP contribution in [0.15, 0.2) is 35.6 Å². The van der Waals surface area contributed by atoms with Crippen LogP contribution in [0.2, 0.25) is 0 Å². The van der Waals surface area contributed by atoms with E-state index in [-0.39, 0.29) is 5.91 Å². The number of pyridine rings is 1. The van der Waals surface area contributed by atoms with Gasteiger partial charge in [0.1, 0.15) is 13.1 Å². The highest BCUT2D eigenvalue weighted by Crippen LogP contribution is 2.17. The first-order valence-corrected chi connectivity index (χ1v) is 9.92. The van der Waals surface area contributed by atoms with Gasteiger partial charge in [-0.3, -0.25) is 9.69 Å². The van der Waals surface area contributed by atoms with E-state index in [2.05, 4.69) is 31.0 Å². The van der Waals surface area contributed by atoms with Crippen molar-refractivity contribution < 1.29 is 9.78 Å². The summed E-state index contributed by atoms with van der Waals surface area (Å²) in [6.07, 6.45) is 1.92. The zero-order chi connectivity index (χ0) is 18.8. The molecule has 4 heterocycles. The van der Waals surface area contributed by atoms with Gasteiger partial charge >= 0.3 is 0 Å². The van der Waals surface area contributed by atoms with E-state index in [0.717, 1.165) is 43.4 Å². The molecule has 0 unspecified atom stereocenters. The number of carbonyl (C=O) groups is 1. The molecule has 1 fully saturated rings. The summed E-state index contributed by atoms with van der Waals surface area (Å²) in [5.74, 6) is 2.13. The van der Waals surface area contributed by atoms with E-state index in [4.69, 9.17) is 0 Å². The minimum absolute atomic E-state index is 0.122. The quantitative estimate of drug-likeness (QED) is 0.624. The van der Waals surface area contributed by atoms with Crippen LogP contribution < -0.4 is 9.88 Å². The number of fused-ring (bicyclic) bond motifs is 1. The molecule has 140 valence electrons. The first-order chi connectivity index (χ1) is 13.1. The number of nitrogens with one attached hydrogen (secondary N) is 1. The van der Waals surface area contributed by atoms with Crippen molar-refractivity contribution >= 4 is 29.3 Å². The lowest BCUT2D eigenvalue weighted by Gasteiger charge is -2.30. The van der Waals surface area contributed by atoms with E-state index in [1.165, 1.54) is 11.8 Å². The highest BCUT2D eigenvalue weighted by atomic mass is 32.2. The lowest BCUT2D eigenvalue weighted by Crippen LogP contribution is -2.50. The summed E-state index contributed by atoms with van der Waals surface area (Å²) in [5, 5.41) is 5.03. The second-order valence-electron chi connectivity index (χ2n) is 6.55. The third-order valence-electron chi connectivity index (χ3n) is 4.59. The molecule has 0 saturated carbocycles. The molecular formula is C18H22N7OS+. The molecule has 3 aromatic rings. The Morgan fingerprint density at radius 1 is 1.19 bits per heavy atom. The van der Waals surface area contributed by atoms with Crippen LogP contribution in [0.25, 0.3) is 5.78 Å². The Kier molecular flexibility index (Phi) is 4.93. The monoisotopic (exact) mass is 384 g/mol. The number of aryl methyl sites for hydroxylation is 2. The van der Waals surface area contributed by atoms with Crippen LogP contribution in [-0.4, -0.2) is 62.3 Å². The molecule has 4 rings (SSSR count). The maximum absolute atomic E-state index is 12.6. The van der Waals surface area contributed by atoms with Crippen LogP contribution in [0.5, 0.6) is 0 Å². The highest BCUT2D eigenvalue weighted by Gasteiger charge is 2.26. The van der Waals surface area contributed by atoms with Crippen LogP contribution in [0.3, 0.4) is 0 Å². The van der Waals surface area contributed by atoms with Crippen molar-refractivity contribution in [2.75, 3.05) is 36.8 Å². The predicted octanol–water partition coefficient (Wildman–Crippen LogP) is 0.996. The molecule has 0 atom stereocenters. The molecule has 1 aliphatic heterocycles. The van der Waals surface area contributed by atoms with Crippen LogP contribution >= 0.6 is 11.8 Å². The van der Waals surface area contributed by atoms with E-state index >= 15 is 0 Å². The molecule has 3 aromatic heterocycles. The van der Waals surface area contributed by atoms with E-state index in [9.17, 15) is 4.79 Å². The fourth-order valence-electron chi connectivity index (χ4n) is 3.20. The number of H-pyrrole nitrogens is 1. The van der Waals surface area contributed by atoms with Crippen molar-refractivity contribution in [3.63, 3.8) is 0 Å². The van der Waals surface area contributed by atoms with Gasteiger partial charge in [0.2, 0.25) is 11.1 Å². The number of hydrogen-bond acceptors (Lipinski definition) is 6. The van der Waals surface area contributed by atoms with Crippen molar-refractivity contribution in [2.45, 2.75) is 19.0 Å². The molecule has 0 bridgehead atoms. The van der Waals surface area contributed by atoms with Crippen molar-refractivity contribution in [1.82, 2.24) is 24.5 Å². The molecule has 0 aliphatic carbocycles. The van der Waals surface area contributed by atoms with Gasteiger partial charge < -0.3 is 4.90 Å². The predicted molar refractivity (Wildman–Crippen MR) is 103 cm³/mol. The van der Waals surface area contributed by atoms with Crippen LogP contribution in [0.1, 0.15) is 11.4 Å². The van der Waals surface area contributed by atoms with E-state index < -0.39 is 0 Å². The molecule has 9 heteroatoms. The van der Waals surface area contributed by atoms with E-state index in [0.29, 0.717) is 16.7 Å². The summed E-state index contributed by atoms with van der Waals surface area (Å²) in [6, 6.07) is 8.00. The smallest absolute Gasteiger partial charge is 0.274 e. The lowest BCUT2D eigenvalue weighted by atomic mass is 10.3.